The molecule has 0 saturated heterocycles. The first-order valence-electron chi connectivity index (χ1n) is 6.41. The summed E-state index contributed by atoms with van der Waals surface area (Å²) in [6.07, 6.45) is 1.47. The van der Waals surface area contributed by atoms with Crippen molar-refractivity contribution in [2.45, 2.75) is 12.3 Å². The molecule has 130 valence electrons. The van der Waals surface area contributed by atoms with Crippen molar-refractivity contribution in [1.82, 2.24) is 4.57 Å². The minimum absolute atomic E-state index is 0. The van der Waals surface area contributed by atoms with Crippen molar-refractivity contribution in [3.8, 4) is 0 Å². The number of pyridine rings is 1. The van der Waals surface area contributed by atoms with Crippen LogP contribution in [0.3, 0.4) is 0 Å². The van der Waals surface area contributed by atoms with Gasteiger partial charge in [-0.1, -0.05) is 29.3 Å². The molecule has 0 radical (unpaired) electrons. The number of nitrogens with zero attached hydrogens (tertiary/aromatic N) is 1. The van der Waals surface area contributed by atoms with Gasteiger partial charge in [-0.2, -0.15) is 0 Å². The smallest absolute Gasteiger partial charge is 0.252 e. The van der Waals surface area contributed by atoms with Crippen molar-refractivity contribution in [2.24, 2.45) is 5.73 Å². The summed E-state index contributed by atoms with van der Waals surface area (Å²) in [6.45, 7) is 0.138. The van der Waals surface area contributed by atoms with Gasteiger partial charge in [0.05, 0.1) is 16.3 Å². The highest BCUT2D eigenvalue weighted by atomic mass is 35.5. The topological polar surface area (TPSA) is 106 Å². The SMILES string of the molecule is Cl.N=c1c(C(N)=O)cc(Cl)cn1Cc1cc(Cl)ccc1C[SH](=O)=O. The second kappa shape index (κ2) is 8.53. The Morgan fingerprint density at radius 1 is 1.17 bits per heavy atom. The van der Waals surface area contributed by atoms with E-state index in [-0.39, 0.29) is 40.8 Å². The lowest BCUT2D eigenvalue weighted by molar-refractivity contribution is 0.0997. The zero-order valence-corrected chi connectivity index (χ0v) is 15.4. The first-order valence-corrected chi connectivity index (χ1v) is 8.53. The first kappa shape index (κ1) is 20.5. The molecular weight excluding hydrogens is 397 g/mol. The molecule has 0 aliphatic heterocycles. The number of thiol groups is 1. The zero-order chi connectivity index (χ0) is 17.1. The van der Waals surface area contributed by atoms with Crippen LogP contribution >= 0.6 is 35.6 Å². The van der Waals surface area contributed by atoms with Crippen LogP contribution in [0.4, 0.5) is 0 Å². The Labute approximate surface area is 156 Å². The van der Waals surface area contributed by atoms with E-state index in [1.54, 1.807) is 18.2 Å². The molecule has 1 heterocycles. The predicted molar refractivity (Wildman–Crippen MR) is 95.6 cm³/mol. The van der Waals surface area contributed by atoms with Crippen LogP contribution in [-0.4, -0.2) is 18.9 Å². The Kier molecular flexibility index (Phi) is 7.28. The van der Waals surface area contributed by atoms with Gasteiger partial charge in [-0.3, -0.25) is 10.2 Å². The molecule has 10 heteroatoms. The predicted octanol–water partition coefficient (Wildman–Crippen LogP) is 1.95. The molecule has 2 aromatic rings. The maximum Gasteiger partial charge on any atom is 0.252 e. The van der Waals surface area contributed by atoms with Crippen LogP contribution in [0, 0.1) is 5.41 Å². The highest BCUT2D eigenvalue weighted by molar-refractivity contribution is 7.71. The number of hydrogen-bond donors (Lipinski definition) is 3. The molecule has 0 spiro atoms. The van der Waals surface area contributed by atoms with E-state index in [0.717, 1.165) is 0 Å². The van der Waals surface area contributed by atoms with Crippen molar-refractivity contribution >= 4 is 52.2 Å². The number of carbonyl (C=O) groups excluding carboxylic acids is 1. The molecule has 24 heavy (non-hydrogen) atoms. The van der Waals surface area contributed by atoms with E-state index >= 15 is 0 Å². The molecule has 3 N–H and O–H groups in total. The van der Waals surface area contributed by atoms with E-state index in [2.05, 4.69) is 0 Å². The summed E-state index contributed by atoms with van der Waals surface area (Å²) in [5, 5.41) is 8.72. The fourth-order valence-corrected chi connectivity index (χ4v) is 3.15. The third kappa shape index (κ3) is 4.98. The van der Waals surface area contributed by atoms with Gasteiger partial charge in [0.1, 0.15) is 16.2 Å². The maximum absolute atomic E-state index is 11.4. The Hall–Kier alpha value is -1.54. The van der Waals surface area contributed by atoms with Gasteiger partial charge in [0.25, 0.3) is 5.91 Å². The van der Waals surface area contributed by atoms with E-state index in [1.165, 1.54) is 16.8 Å². The molecular formula is C14H14Cl3N3O3S. The third-order valence-electron chi connectivity index (χ3n) is 3.18. The fraction of sp³-hybridized carbons (Fsp3) is 0.143. The van der Waals surface area contributed by atoms with Crippen molar-refractivity contribution in [2.75, 3.05) is 0 Å². The second-order valence-electron chi connectivity index (χ2n) is 4.82. The molecule has 1 amide bonds. The monoisotopic (exact) mass is 409 g/mol. The van der Waals surface area contributed by atoms with Crippen LogP contribution in [0.15, 0.2) is 30.5 Å². The van der Waals surface area contributed by atoms with Crippen LogP contribution in [-0.2, 0) is 23.0 Å². The summed E-state index contributed by atoms with van der Waals surface area (Å²) in [5.74, 6) is -0.904. The van der Waals surface area contributed by atoms with Crippen molar-refractivity contribution < 1.29 is 13.2 Å². The Morgan fingerprint density at radius 3 is 2.42 bits per heavy atom. The van der Waals surface area contributed by atoms with E-state index < -0.39 is 16.6 Å². The molecule has 0 bridgehead atoms. The average molecular weight is 411 g/mol. The fourth-order valence-electron chi connectivity index (χ4n) is 2.14. The number of amides is 1. The zero-order valence-electron chi connectivity index (χ0n) is 12.2. The molecule has 1 aromatic heterocycles. The van der Waals surface area contributed by atoms with Crippen molar-refractivity contribution in [3.05, 3.63) is 62.7 Å². The Bertz CT molecular complexity index is 902. The Balaban J connectivity index is 0.00000288. The lowest BCUT2D eigenvalue weighted by Crippen LogP contribution is -2.30. The van der Waals surface area contributed by atoms with Crippen LogP contribution in [0.25, 0.3) is 0 Å². The highest BCUT2D eigenvalue weighted by Crippen LogP contribution is 2.18. The minimum Gasteiger partial charge on any atom is -0.365 e. The number of aromatic nitrogens is 1. The number of nitrogens with two attached hydrogens (primary N) is 1. The summed E-state index contributed by atoms with van der Waals surface area (Å²) in [4.78, 5) is 11.4. The van der Waals surface area contributed by atoms with E-state index in [0.29, 0.717) is 16.1 Å². The van der Waals surface area contributed by atoms with Gasteiger partial charge in [0, 0.05) is 17.8 Å². The van der Waals surface area contributed by atoms with Crippen LogP contribution in [0.5, 0.6) is 0 Å². The van der Waals surface area contributed by atoms with Gasteiger partial charge < -0.3 is 10.3 Å². The molecule has 1 aromatic carbocycles. The number of hydrogen-bond acceptors (Lipinski definition) is 4. The van der Waals surface area contributed by atoms with Crippen LogP contribution < -0.4 is 11.2 Å². The van der Waals surface area contributed by atoms with Crippen LogP contribution in [0.2, 0.25) is 10.0 Å². The normalized spacial score (nSPS) is 10.5. The number of halogens is 3. The first-order chi connectivity index (χ1) is 10.8. The quantitative estimate of drug-likeness (QED) is 0.656. The van der Waals surface area contributed by atoms with Gasteiger partial charge in [0.2, 0.25) is 0 Å². The number of carbonyl (C=O) groups is 1. The van der Waals surface area contributed by atoms with Gasteiger partial charge in [0.15, 0.2) is 0 Å². The summed E-state index contributed by atoms with van der Waals surface area (Å²) in [6, 6.07) is 6.15. The maximum atomic E-state index is 11.4. The summed E-state index contributed by atoms with van der Waals surface area (Å²) in [5.41, 5.74) is 6.29. The molecule has 0 unspecified atom stereocenters. The molecule has 0 atom stereocenters. The molecule has 0 aliphatic rings. The standard InChI is InChI=1S/C14H13Cl2N3O3S.ClH/c15-10-2-1-8(7-23(21)22)9(3-10)5-19-6-11(16)4-12(13(19)17)14(18)20;/h1-4,6,17,23H,5,7H2,(H2,18,20);1H. The van der Waals surface area contributed by atoms with Crippen molar-refractivity contribution in [1.29, 1.82) is 5.41 Å². The van der Waals surface area contributed by atoms with Gasteiger partial charge in [-0.25, -0.2) is 8.42 Å². The second-order valence-corrected chi connectivity index (χ2v) is 6.67. The Morgan fingerprint density at radius 2 is 1.83 bits per heavy atom. The minimum atomic E-state index is -2.61. The van der Waals surface area contributed by atoms with Gasteiger partial charge in [-0.15, -0.1) is 12.4 Å². The largest absolute Gasteiger partial charge is 0.365 e. The van der Waals surface area contributed by atoms with Crippen LogP contribution in [0.1, 0.15) is 21.5 Å². The third-order valence-corrected chi connectivity index (χ3v) is 4.22. The molecule has 6 nitrogen and oxygen atoms in total. The van der Waals surface area contributed by atoms with Crippen molar-refractivity contribution in [3.63, 3.8) is 0 Å². The van der Waals surface area contributed by atoms with E-state index in [4.69, 9.17) is 34.3 Å². The number of primary amides is 1. The number of nitrogens with one attached hydrogen (secondary N) is 1. The number of rotatable bonds is 5. The summed E-state index contributed by atoms with van der Waals surface area (Å²) >= 11 is 11.9. The average Bonchev–Trinajstić information content (AvgIpc) is 2.44. The van der Waals surface area contributed by atoms with Gasteiger partial charge >= 0.3 is 0 Å². The summed E-state index contributed by atoms with van der Waals surface area (Å²) in [7, 11) is -2.61. The summed E-state index contributed by atoms with van der Waals surface area (Å²) < 4.78 is 23.4. The van der Waals surface area contributed by atoms with E-state index in [1.807, 2.05) is 0 Å². The van der Waals surface area contributed by atoms with E-state index in [9.17, 15) is 13.2 Å². The van der Waals surface area contributed by atoms with Gasteiger partial charge in [-0.05, 0) is 29.3 Å². The lowest BCUT2D eigenvalue weighted by Gasteiger charge is -2.13. The lowest BCUT2D eigenvalue weighted by atomic mass is 10.1. The molecule has 0 fully saturated rings. The highest BCUT2D eigenvalue weighted by Gasteiger charge is 2.11. The molecule has 0 saturated carbocycles. The molecule has 0 aliphatic carbocycles. The molecule has 2 rings (SSSR count). The number of benzene rings is 1.